The first-order valence-corrected chi connectivity index (χ1v) is 6.04. The minimum atomic E-state index is -0.520. The second-order valence-electron chi connectivity index (χ2n) is 5.70. The van der Waals surface area contributed by atoms with Crippen molar-refractivity contribution >= 4 is 19.0 Å². The number of hydrogen-bond donors (Lipinski definition) is 0. The summed E-state index contributed by atoms with van der Waals surface area (Å²) in [5.74, 6) is 0. The molecule has 0 unspecified atom stereocenters. The molecular formula is C13H18BNO3. The highest BCUT2D eigenvalue weighted by Gasteiger charge is 2.52. The minimum absolute atomic E-state index is 0.398. The van der Waals surface area contributed by atoms with E-state index in [-0.39, 0.29) is 0 Å². The van der Waals surface area contributed by atoms with Crippen LogP contribution < -0.4 is 5.59 Å². The number of aldehydes is 1. The normalized spacial score (nSPS) is 21.1. The van der Waals surface area contributed by atoms with Crippen LogP contribution in [0.3, 0.4) is 0 Å². The average Bonchev–Trinajstić information content (AvgIpc) is 2.47. The van der Waals surface area contributed by atoms with Crippen LogP contribution in [0.5, 0.6) is 0 Å². The van der Waals surface area contributed by atoms with E-state index in [1.54, 1.807) is 6.07 Å². The van der Waals surface area contributed by atoms with Crippen molar-refractivity contribution in [3.63, 3.8) is 0 Å². The maximum Gasteiger partial charge on any atom is 0.514 e. The lowest BCUT2D eigenvalue weighted by Crippen LogP contribution is -2.41. The van der Waals surface area contributed by atoms with Crippen LogP contribution in [0.4, 0.5) is 0 Å². The molecule has 1 aliphatic heterocycles. The van der Waals surface area contributed by atoms with Crippen molar-refractivity contribution in [2.45, 2.75) is 45.8 Å². The van der Waals surface area contributed by atoms with E-state index in [0.717, 1.165) is 11.8 Å². The Morgan fingerprint density at radius 1 is 1.17 bits per heavy atom. The van der Waals surface area contributed by atoms with Gasteiger partial charge >= 0.3 is 7.12 Å². The molecular weight excluding hydrogens is 229 g/mol. The zero-order valence-electron chi connectivity index (χ0n) is 11.5. The molecule has 2 rings (SSSR count). The fourth-order valence-corrected chi connectivity index (χ4v) is 1.87. The van der Waals surface area contributed by atoms with Gasteiger partial charge in [-0.3, -0.25) is 9.78 Å². The average molecular weight is 247 g/mol. The number of nitrogens with zero attached hydrogens (tertiary/aromatic N) is 1. The van der Waals surface area contributed by atoms with E-state index in [1.165, 1.54) is 0 Å². The van der Waals surface area contributed by atoms with E-state index in [4.69, 9.17) is 9.31 Å². The molecule has 18 heavy (non-hydrogen) atoms. The van der Waals surface area contributed by atoms with E-state index < -0.39 is 18.3 Å². The highest BCUT2D eigenvalue weighted by Crippen LogP contribution is 2.36. The lowest BCUT2D eigenvalue weighted by atomic mass is 9.83. The molecule has 0 bridgehead atoms. The van der Waals surface area contributed by atoms with Crippen LogP contribution in [-0.4, -0.2) is 29.6 Å². The molecule has 0 amide bonds. The molecule has 1 aromatic heterocycles. The van der Waals surface area contributed by atoms with Crippen LogP contribution in [0.1, 0.15) is 43.7 Å². The van der Waals surface area contributed by atoms with Gasteiger partial charge in [-0.2, -0.15) is 0 Å². The Morgan fingerprint density at radius 2 is 1.72 bits per heavy atom. The number of carbonyl (C=O) groups excluding carboxylic acids is 1. The van der Waals surface area contributed by atoms with Crippen molar-refractivity contribution in [1.82, 2.24) is 4.98 Å². The largest absolute Gasteiger partial charge is 0.514 e. The molecule has 0 saturated carbocycles. The van der Waals surface area contributed by atoms with E-state index in [1.807, 2.05) is 40.7 Å². The van der Waals surface area contributed by atoms with Gasteiger partial charge < -0.3 is 9.31 Å². The van der Waals surface area contributed by atoms with Crippen LogP contribution in [0, 0.1) is 6.92 Å². The van der Waals surface area contributed by atoms with Crippen molar-refractivity contribution in [3.05, 3.63) is 23.4 Å². The summed E-state index contributed by atoms with van der Waals surface area (Å²) in [6, 6.07) is 3.62. The molecule has 1 aromatic rings. The zero-order chi connectivity index (χ0) is 13.6. The first-order chi connectivity index (χ1) is 8.25. The molecule has 1 saturated heterocycles. The Bertz CT molecular complexity index is 469. The molecule has 96 valence electrons. The van der Waals surface area contributed by atoms with Crippen LogP contribution >= 0.6 is 0 Å². The fraction of sp³-hybridized carbons (Fsp3) is 0.538. The number of aryl methyl sites for hydroxylation is 1. The maximum atomic E-state index is 10.8. The summed E-state index contributed by atoms with van der Waals surface area (Å²) in [6.45, 7) is 9.88. The summed E-state index contributed by atoms with van der Waals surface area (Å²) in [5, 5.41) is 0. The summed E-state index contributed by atoms with van der Waals surface area (Å²) in [6.07, 6.45) is 0.738. The Hall–Kier alpha value is -1.20. The Balaban J connectivity index is 2.35. The predicted octanol–water partition coefficient (Wildman–Crippen LogP) is 1.50. The second kappa shape index (κ2) is 4.18. The van der Waals surface area contributed by atoms with E-state index in [2.05, 4.69) is 4.98 Å². The highest BCUT2D eigenvalue weighted by molar-refractivity contribution is 6.61. The first-order valence-electron chi connectivity index (χ1n) is 6.04. The van der Waals surface area contributed by atoms with Crippen LogP contribution in [0.25, 0.3) is 0 Å². The highest BCUT2D eigenvalue weighted by atomic mass is 16.7. The quantitative estimate of drug-likeness (QED) is 0.587. The van der Waals surface area contributed by atoms with Crippen molar-refractivity contribution < 1.29 is 14.1 Å². The van der Waals surface area contributed by atoms with Crippen molar-refractivity contribution in [3.8, 4) is 0 Å². The van der Waals surface area contributed by atoms with E-state index >= 15 is 0 Å². The van der Waals surface area contributed by atoms with Crippen LogP contribution in [0.2, 0.25) is 0 Å². The lowest BCUT2D eigenvalue weighted by Gasteiger charge is -2.32. The molecule has 0 aliphatic carbocycles. The molecule has 1 fully saturated rings. The lowest BCUT2D eigenvalue weighted by molar-refractivity contribution is 0.00578. The fourth-order valence-electron chi connectivity index (χ4n) is 1.87. The molecule has 5 heteroatoms. The van der Waals surface area contributed by atoms with Gasteiger partial charge in [0.2, 0.25) is 0 Å². The van der Waals surface area contributed by atoms with Crippen LogP contribution in [-0.2, 0) is 9.31 Å². The van der Waals surface area contributed by atoms with Gasteiger partial charge in [-0.15, -0.1) is 0 Å². The topological polar surface area (TPSA) is 48.4 Å². The SMILES string of the molecule is Cc1cc(C=O)nc(B2OC(C)(C)C(C)(C)O2)c1. The summed E-state index contributed by atoms with van der Waals surface area (Å²) in [4.78, 5) is 15.1. The number of aromatic nitrogens is 1. The van der Waals surface area contributed by atoms with Crippen molar-refractivity contribution in [1.29, 1.82) is 0 Å². The summed E-state index contributed by atoms with van der Waals surface area (Å²) in [7, 11) is -0.520. The predicted molar refractivity (Wildman–Crippen MR) is 70.1 cm³/mol. The van der Waals surface area contributed by atoms with Gasteiger partial charge in [0, 0.05) is 0 Å². The van der Waals surface area contributed by atoms with Gasteiger partial charge in [0.25, 0.3) is 0 Å². The molecule has 4 nitrogen and oxygen atoms in total. The third-order valence-corrected chi connectivity index (χ3v) is 3.62. The Kier molecular flexibility index (Phi) is 3.07. The molecule has 0 radical (unpaired) electrons. The first kappa shape index (κ1) is 13.2. The van der Waals surface area contributed by atoms with Crippen molar-refractivity contribution in [2.24, 2.45) is 0 Å². The smallest absolute Gasteiger partial charge is 0.398 e. The summed E-state index contributed by atoms with van der Waals surface area (Å²) < 4.78 is 11.8. The second-order valence-corrected chi connectivity index (χ2v) is 5.70. The third kappa shape index (κ3) is 2.20. The van der Waals surface area contributed by atoms with Gasteiger partial charge in [-0.25, -0.2) is 0 Å². The van der Waals surface area contributed by atoms with Gasteiger partial charge in [-0.1, -0.05) is 0 Å². The van der Waals surface area contributed by atoms with Gasteiger partial charge in [0.15, 0.2) is 6.29 Å². The molecule has 2 heterocycles. The molecule has 0 N–H and O–H groups in total. The monoisotopic (exact) mass is 247 g/mol. The Labute approximate surface area is 108 Å². The summed E-state index contributed by atoms with van der Waals surface area (Å²) >= 11 is 0. The molecule has 0 atom stereocenters. The molecule has 0 spiro atoms. The number of hydrogen-bond acceptors (Lipinski definition) is 4. The minimum Gasteiger partial charge on any atom is -0.398 e. The van der Waals surface area contributed by atoms with Crippen molar-refractivity contribution in [2.75, 3.05) is 0 Å². The summed E-state index contributed by atoms with van der Waals surface area (Å²) in [5.41, 5.74) is 1.22. The molecule has 1 aliphatic rings. The Morgan fingerprint density at radius 3 is 2.22 bits per heavy atom. The third-order valence-electron chi connectivity index (χ3n) is 3.62. The molecule has 0 aromatic carbocycles. The number of pyridine rings is 1. The maximum absolute atomic E-state index is 10.8. The van der Waals surface area contributed by atoms with E-state index in [0.29, 0.717) is 11.3 Å². The van der Waals surface area contributed by atoms with Gasteiger partial charge in [0.05, 0.1) is 16.8 Å². The van der Waals surface area contributed by atoms with Gasteiger partial charge in [0.1, 0.15) is 5.69 Å². The number of carbonyl (C=O) groups is 1. The van der Waals surface area contributed by atoms with E-state index in [9.17, 15) is 4.79 Å². The number of rotatable bonds is 2. The van der Waals surface area contributed by atoms with Gasteiger partial charge in [-0.05, 0) is 52.3 Å². The standard InChI is InChI=1S/C13H18BNO3/c1-9-6-10(8-16)15-11(7-9)14-17-12(2,3)13(4,5)18-14/h6-8H,1-5H3. The zero-order valence-corrected chi connectivity index (χ0v) is 11.5. The van der Waals surface area contributed by atoms with Crippen LogP contribution in [0.15, 0.2) is 12.1 Å².